The van der Waals surface area contributed by atoms with E-state index in [2.05, 4.69) is 12.2 Å². The smallest absolute Gasteiger partial charge is 0.240 e. The number of rotatable bonds is 7. The van der Waals surface area contributed by atoms with Crippen LogP contribution in [0.5, 0.6) is 0 Å². The summed E-state index contributed by atoms with van der Waals surface area (Å²) in [6.45, 7) is 8.36. The first-order chi connectivity index (χ1) is 6.90. The number of primary amides is 1. The first-order valence-corrected chi connectivity index (χ1v) is 5.47. The highest BCUT2D eigenvalue weighted by Crippen LogP contribution is 2.18. The van der Waals surface area contributed by atoms with E-state index in [1.165, 1.54) is 0 Å². The second kappa shape index (κ2) is 6.08. The largest absolute Gasteiger partial charge is 0.382 e. The van der Waals surface area contributed by atoms with Gasteiger partial charge in [-0.2, -0.15) is 0 Å². The lowest BCUT2D eigenvalue weighted by Crippen LogP contribution is -2.64. The second-order valence-corrected chi connectivity index (χ2v) is 4.38. The van der Waals surface area contributed by atoms with Crippen LogP contribution in [-0.4, -0.2) is 31.2 Å². The molecule has 0 aliphatic rings. The minimum atomic E-state index is -0.760. The van der Waals surface area contributed by atoms with Crippen LogP contribution in [0.4, 0.5) is 0 Å². The molecular weight excluding hydrogens is 192 g/mol. The van der Waals surface area contributed by atoms with Gasteiger partial charge in [-0.05, 0) is 19.3 Å². The molecule has 0 aromatic heterocycles. The zero-order valence-corrected chi connectivity index (χ0v) is 10.5. The van der Waals surface area contributed by atoms with E-state index in [4.69, 9.17) is 10.5 Å². The molecule has 0 aromatic carbocycles. The van der Waals surface area contributed by atoms with Crippen molar-refractivity contribution in [2.24, 2.45) is 11.7 Å². The Morgan fingerprint density at radius 2 is 2.00 bits per heavy atom. The van der Waals surface area contributed by atoms with Gasteiger partial charge in [-0.15, -0.1) is 0 Å². The van der Waals surface area contributed by atoms with E-state index in [9.17, 15) is 4.79 Å². The average molecular weight is 216 g/mol. The molecule has 0 aliphatic heterocycles. The number of nitrogens with one attached hydrogen (secondary N) is 1. The molecule has 0 spiro atoms. The first-order valence-electron chi connectivity index (χ1n) is 5.47. The maximum atomic E-state index is 11.6. The number of carbonyl (C=O) groups is 1. The maximum Gasteiger partial charge on any atom is 0.240 e. The molecule has 0 fully saturated rings. The van der Waals surface area contributed by atoms with Gasteiger partial charge in [0.15, 0.2) is 0 Å². The highest BCUT2D eigenvalue weighted by Gasteiger charge is 2.40. The van der Waals surface area contributed by atoms with E-state index in [1.54, 1.807) is 7.11 Å². The summed E-state index contributed by atoms with van der Waals surface area (Å²) in [5.74, 6) is -0.247. The number of amides is 1. The van der Waals surface area contributed by atoms with Crippen LogP contribution in [0, 0.1) is 5.92 Å². The van der Waals surface area contributed by atoms with E-state index in [0.717, 1.165) is 6.42 Å². The minimum Gasteiger partial charge on any atom is -0.382 e. The van der Waals surface area contributed by atoms with Crippen LogP contribution >= 0.6 is 0 Å². The van der Waals surface area contributed by atoms with Crippen molar-refractivity contribution in [3.63, 3.8) is 0 Å². The molecule has 0 aromatic rings. The van der Waals surface area contributed by atoms with Gasteiger partial charge in [-0.3, -0.25) is 10.1 Å². The SMILES string of the molecule is CCC(C)NC(COC)(C(N)=O)C(C)C. The number of ether oxygens (including phenoxy) is 1. The van der Waals surface area contributed by atoms with Crippen LogP contribution in [-0.2, 0) is 9.53 Å². The predicted octanol–water partition coefficient (Wildman–Crippen LogP) is 0.901. The van der Waals surface area contributed by atoms with Gasteiger partial charge >= 0.3 is 0 Å². The molecule has 2 unspecified atom stereocenters. The lowest BCUT2D eigenvalue weighted by molar-refractivity contribution is -0.129. The molecule has 0 heterocycles. The van der Waals surface area contributed by atoms with Crippen molar-refractivity contribution in [1.82, 2.24) is 5.32 Å². The van der Waals surface area contributed by atoms with Crippen molar-refractivity contribution >= 4 is 5.91 Å². The van der Waals surface area contributed by atoms with Crippen molar-refractivity contribution in [2.45, 2.75) is 45.7 Å². The number of nitrogens with two attached hydrogens (primary N) is 1. The van der Waals surface area contributed by atoms with Crippen LogP contribution in [0.1, 0.15) is 34.1 Å². The summed E-state index contributed by atoms with van der Waals surface area (Å²) in [6, 6.07) is 0.245. The van der Waals surface area contributed by atoms with E-state index in [-0.39, 0.29) is 17.9 Å². The Hall–Kier alpha value is -0.610. The summed E-state index contributed by atoms with van der Waals surface area (Å²) in [5, 5.41) is 3.28. The Morgan fingerprint density at radius 3 is 2.27 bits per heavy atom. The molecule has 4 nitrogen and oxygen atoms in total. The molecule has 3 N–H and O–H groups in total. The lowest BCUT2D eigenvalue weighted by Gasteiger charge is -2.37. The van der Waals surface area contributed by atoms with Gasteiger partial charge in [0.1, 0.15) is 5.54 Å². The van der Waals surface area contributed by atoms with Crippen molar-refractivity contribution in [2.75, 3.05) is 13.7 Å². The van der Waals surface area contributed by atoms with E-state index in [1.807, 2.05) is 20.8 Å². The third-order valence-electron chi connectivity index (χ3n) is 2.91. The summed E-state index contributed by atoms with van der Waals surface area (Å²) in [4.78, 5) is 11.6. The Balaban J connectivity index is 4.86. The van der Waals surface area contributed by atoms with Gasteiger partial charge in [0.05, 0.1) is 6.61 Å². The Bertz CT molecular complexity index is 207. The molecule has 0 saturated carbocycles. The topological polar surface area (TPSA) is 64.3 Å². The standard InChI is InChI=1S/C11H24N2O2/c1-6-9(4)13-11(7-15-5,8(2)3)10(12)14/h8-9,13H,6-7H2,1-5H3,(H2,12,14). The van der Waals surface area contributed by atoms with Crippen LogP contribution in [0.15, 0.2) is 0 Å². The third kappa shape index (κ3) is 3.47. The van der Waals surface area contributed by atoms with Crippen molar-refractivity contribution < 1.29 is 9.53 Å². The fourth-order valence-electron chi connectivity index (χ4n) is 1.57. The number of hydrogen-bond acceptors (Lipinski definition) is 3. The summed E-state index contributed by atoms with van der Waals surface area (Å²) in [5.41, 5.74) is 4.72. The fraction of sp³-hybridized carbons (Fsp3) is 0.909. The molecule has 0 saturated heterocycles. The van der Waals surface area contributed by atoms with Crippen LogP contribution in [0.3, 0.4) is 0 Å². The van der Waals surface area contributed by atoms with Gasteiger partial charge in [-0.1, -0.05) is 20.8 Å². The maximum absolute atomic E-state index is 11.6. The average Bonchev–Trinajstić information content (AvgIpc) is 2.15. The Morgan fingerprint density at radius 1 is 1.47 bits per heavy atom. The van der Waals surface area contributed by atoms with Crippen LogP contribution in [0.25, 0.3) is 0 Å². The van der Waals surface area contributed by atoms with Crippen molar-refractivity contribution in [1.29, 1.82) is 0 Å². The Labute approximate surface area is 92.6 Å². The zero-order valence-electron chi connectivity index (χ0n) is 10.5. The number of hydrogen-bond donors (Lipinski definition) is 2. The van der Waals surface area contributed by atoms with Crippen molar-refractivity contribution in [3.8, 4) is 0 Å². The fourth-order valence-corrected chi connectivity index (χ4v) is 1.57. The molecule has 2 atom stereocenters. The lowest BCUT2D eigenvalue weighted by atomic mass is 9.85. The van der Waals surface area contributed by atoms with E-state index < -0.39 is 5.54 Å². The molecule has 1 amide bonds. The molecule has 0 aliphatic carbocycles. The summed E-state index contributed by atoms with van der Waals surface area (Å²) in [7, 11) is 1.58. The summed E-state index contributed by atoms with van der Waals surface area (Å²) >= 11 is 0. The van der Waals surface area contributed by atoms with Gasteiger partial charge < -0.3 is 10.5 Å². The molecule has 0 radical (unpaired) electrons. The molecular formula is C11H24N2O2. The monoisotopic (exact) mass is 216 g/mol. The quantitative estimate of drug-likeness (QED) is 0.664. The van der Waals surface area contributed by atoms with Gasteiger partial charge in [0, 0.05) is 13.2 Å². The van der Waals surface area contributed by atoms with Gasteiger partial charge in [0.2, 0.25) is 5.91 Å². The summed E-state index contributed by atoms with van der Waals surface area (Å²) < 4.78 is 5.11. The molecule has 0 rings (SSSR count). The van der Waals surface area contributed by atoms with E-state index >= 15 is 0 Å². The van der Waals surface area contributed by atoms with Crippen LogP contribution < -0.4 is 11.1 Å². The van der Waals surface area contributed by atoms with Gasteiger partial charge in [0.25, 0.3) is 0 Å². The predicted molar refractivity (Wildman–Crippen MR) is 61.5 cm³/mol. The van der Waals surface area contributed by atoms with Crippen molar-refractivity contribution in [3.05, 3.63) is 0 Å². The third-order valence-corrected chi connectivity index (χ3v) is 2.91. The summed E-state index contributed by atoms with van der Waals surface area (Å²) in [6.07, 6.45) is 0.950. The number of methoxy groups -OCH3 is 1. The van der Waals surface area contributed by atoms with Gasteiger partial charge in [-0.25, -0.2) is 0 Å². The van der Waals surface area contributed by atoms with Crippen LogP contribution in [0.2, 0.25) is 0 Å². The molecule has 15 heavy (non-hydrogen) atoms. The normalized spacial score (nSPS) is 17.5. The minimum absolute atomic E-state index is 0.101. The highest BCUT2D eigenvalue weighted by molar-refractivity contribution is 5.85. The molecule has 0 bridgehead atoms. The van der Waals surface area contributed by atoms with E-state index in [0.29, 0.717) is 6.61 Å². The number of carbonyl (C=O) groups excluding carboxylic acids is 1. The zero-order chi connectivity index (χ0) is 12.1. The Kier molecular flexibility index (Phi) is 5.83. The first kappa shape index (κ1) is 14.4. The highest BCUT2D eigenvalue weighted by atomic mass is 16.5. The second-order valence-electron chi connectivity index (χ2n) is 4.38. The molecule has 90 valence electrons. The molecule has 4 heteroatoms.